The SMILES string of the molecule is C=C(C)[C@@H]1CC[C@]2(C)CC[C@]3(C)[C@H](CC[C@@H]4[C@]56CC[C@H](O[C@@H]5OC)C(C)(C)[C@@H]6CC[C@]43C)[C@@H]12. The predicted octanol–water partition coefficient (Wildman–Crippen LogP) is 8.02. The molecule has 0 unspecified atom stereocenters. The summed E-state index contributed by atoms with van der Waals surface area (Å²) in [6.45, 7) is 20.0. The summed E-state index contributed by atoms with van der Waals surface area (Å²) in [6.07, 6.45) is 14.1. The predicted molar refractivity (Wildman–Crippen MR) is 135 cm³/mol. The molecule has 7 aliphatic rings. The van der Waals surface area contributed by atoms with Crippen LogP contribution in [0, 0.1) is 56.7 Å². The number of methoxy groups -OCH3 is 1. The van der Waals surface area contributed by atoms with Gasteiger partial charge in [0.15, 0.2) is 6.29 Å². The van der Waals surface area contributed by atoms with Crippen LogP contribution in [-0.4, -0.2) is 19.5 Å². The number of rotatable bonds is 2. The Morgan fingerprint density at radius 3 is 2.27 bits per heavy atom. The Bertz CT molecular complexity index is 846. The van der Waals surface area contributed by atoms with Gasteiger partial charge in [0.2, 0.25) is 0 Å². The Labute approximate surface area is 203 Å². The van der Waals surface area contributed by atoms with Gasteiger partial charge < -0.3 is 9.47 Å². The Morgan fingerprint density at radius 1 is 0.818 bits per heavy atom. The highest BCUT2D eigenvalue weighted by atomic mass is 16.7. The molecule has 11 atom stereocenters. The summed E-state index contributed by atoms with van der Waals surface area (Å²) in [7, 11) is 1.92. The van der Waals surface area contributed by atoms with Crippen LogP contribution >= 0.6 is 0 Å². The van der Waals surface area contributed by atoms with Crippen LogP contribution in [0.5, 0.6) is 0 Å². The van der Waals surface area contributed by atoms with Gasteiger partial charge in [-0.1, -0.05) is 46.8 Å². The van der Waals surface area contributed by atoms with E-state index in [0.717, 1.165) is 29.6 Å². The van der Waals surface area contributed by atoms with E-state index in [2.05, 4.69) is 48.1 Å². The van der Waals surface area contributed by atoms with Gasteiger partial charge in [0.1, 0.15) is 0 Å². The van der Waals surface area contributed by atoms with E-state index in [9.17, 15) is 0 Å². The molecule has 7 rings (SSSR count). The Morgan fingerprint density at radius 2 is 1.58 bits per heavy atom. The first-order valence-electron chi connectivity index (χ1n) is 14.3. The zero-order valence-electron chi connectivity index (χ0n) is 22.6. The molecule has 2 aliphatic heterocycles. The van der Waals surface area contributed by atoms with Crippen molar-refractivity contribution in [2.45, 2.75) is 118 Å². The molecule has 186 valence electrons. The van der Waals surface area contributed by atoms with Gasteiger partial charge in [-0.15, -0.1) is 0 Å². The van der Waals surface area contributed by atoms with Crippen molar-refractivity contribution in [3.8, 4) is 0 Å². The smallest absolute Gasteiger partial charge is 0.163 e. The van der Waals surface area contributed by atoms with E-state index in [-0.39, 0.29) is 17.1 Å². The summed E-state index contributed by atoms with van der Waals surface area (Å²) < 4.78 is 13.0. The third kappa shape index (κ3) is 2.54. The lowest BCUT2D eigenvalue weighted by molar-refractivity contribution is -0.384. The highest BCUT2D eigenvalue weighted by Crippen LogP contribution is 2.79. The lowest BCUT2D eigenvalue weighted by atomic mass is 9.31. The molecule has 0 N–H and O–H groups in total. The molecule has 5 saturated carbocycles. The van der Waals surface area contributed by atoms with Crippen LogP contribution in [0.1, 0.15) is 106 Å². The fourth-order valence-corrected chi connectivity index (χ4v) is 12.2. The third-order valence-electron chi connectivity index (χ3n) is 14.0. The summed E-state index contributed by atoms with van der Waals surface area (Å²) in [4.78, 5) is 0. The monoisotopic (exact) mass is 454 g/mol. The van der Waals surface area contributed by atoms with Gasteiger partial charge in [0.05, 0.1) is 6.10 Å². The number of allylic oxidation sites excluding steroid dienone is 1. The van der Waals surface area contributed by atoms with Crippen molar-refractivity contribution in [1.29, 1.82) is 0 Å². The second kappa shape index (κ2) is 6.90. The number of hydrogen-bond acceptors (Lipinski definition) is 2. The van der Waals surface area contributed by atoms with Crippen molar-refractivity contribution in [1.82, 2.24) is 0 Å². The molecule has 2 bridgehead atoms. The van der Waals surface area contributed by atoms with Crippen molar-refractivity contribution in [3.05, 3.63) is 12.2 Å². The molecule has 1 spiro atoms. The van der Waals surface area contributed by atoms with Crippen molar-refractivity contribution in [3.63, 3.8) is 0 Å². The quantitative estimate of drug-likeness (QED) is 0.393. The summed E-state index contributed by atoms with van der Waals surface area (Å²) in [5.74, 6) is 3.90. The third-order valence-corrected chi connectivity index (χ3v) is 14.0. The van der Waals surface area contributed by atoms with E-state index >= 15 is 0 Å². The number of ether oxygens (including phenoxy) is 2. The van der Waals surface area contributed by atoms with Crippen LogP contribution < -0.4 is 0 Å². The van der Waals surface area contributed by atoms with Crippen molar-refractivity contribution < 1.29 is 9.47 Å². The molecule has 7 fully saturated rings. The van der Waals surface area contributed by atoms with E-state index in [1.807, 2.05) is 7.11 Å². The normalized spacial score (nSPS) is 58.7. The molecule has 2 heteroatoms. The van der Waals surface area contributed by atoms with Gasteiger partial charge in [-0.05, 0) is 122 Å². The van der Waals surface area contributed by atoms with E-state index in [4.69, 9.17) is 9.47 Å². The van der Waals surface area contributed by atoms with Crippen LogP contribution in [-0.2, 0) is 9.47 Å². The Kier molecular flexibility index (Phi) is 4.83. The Hall–Kier alpha value is -0.340. The number of fused-ring (bicyclic) bond motifs is 7. The molecular formula is C31H50O2. The highest BCUT2D eigenvalue weighted by Gasteiger charge is 2.75. The summed E-state index contributed by atoms with van der Waals surface area (Å²) in [5.41, 5.74) is 3.29. The van der Waals surface area contributed by atoms with E-state index in [0.29, 0.717) is 22.3 Å². The second-order valence-electron chi connectivity index (χ2n) is 15.0. The molecule has 5 aliphatic carbocycles. The van der Waals surface area contributed by atoms with E-state index in [1.165, 1.54) is 69.8 Å². The second-order valence-corrected chi connectivity index (χ2v) is 15.0. The molecule has 2 nitrogen and oxygen atoms in total. The van der Waals surface area contributed by atoms with E-state index in [1.54, 1.807) is 0 Å². The topological polar surface area (TPSA) is 18.5 Å². The molecule has 0 radical (unpaired) electrons. The van der Waals surface area contributed by atoms with Crippen LogP contribution in [0.2, 0.25) is 0 Å². The van der Waals surface area contributed by atoms with Gasteiger partial charge in [-0.2, -0.15) is 0 Å². The summed E-state index contributed by atoms with van der Waals surface area (Å²) in [6, 6.07) is 0. The zero-order valence-corrected chi connectivity index (χ0v) is 22.6. The molecule has 0 aromatic heterocycles. The van der Waals surface area contributed by atoms with Gasteiger partial charge in [0.25, 0.3) is 0 Å². The number of hydrogen-bond donors (Lipinski definition) is 0. The van der Waals surface area contributed by atoms with Crippen molar-refractivity contribution in [2.75, 3.05) is 7.11 Å². The molecule has 2 saturated heterocycles. The molecular weight excluding hydrogens is 404 g/mol. The van der Waals surface area contributed by atoms with Crippen molar-refractivity contribution >= 4 is 0 Å². The fraction of sp³-hybridized carbons (Fsp3) is 0.935. The first kappa shape index (κ1) is 23.1. The van der Waals surface area contributed by atoms with Gasteiger partial charge in [-0.25, -0.2) is 0 Å². The lowest BCUT2D eigenvalue weighted by Crippen LogP contribution is -2.73. The largest absolute Gasteiger partial charge is 0.355 e. The molecule has 0 aromatic carbocycles. The lowest BCUT2D eigenvalue weighted by Gasteiger charge is -2.76. The van der Waals surface area contributed by atoms with Crippen molar-refractivity contribution in [2.24, 2.45) is 56.7 Å². The summed E-state index contributed by atoms with van der Waals surface area (Å²) in [5, 5.41) is 0. The average Bonchev–Trinajstić information content (AvgIpc) is 3.12. The van der Waals surface area contributed by atoms with Gasteiger partial charge in [0, 0.05) is 12.5 Å². The zero-order chi connectivity index (χ0) is 23.6. The molecule has 33 heavy (non-hydrogen) atoms. The average molecular weight is 455 g/mol. The first-order chi connectivity index (χ1) is 15.5. The minimum Gasteiger partial charge on any atom is -0.355 e. The van der Waals surface area contributed by atoms with Gasteiger partial charge in [-0.3, -0.25) is 0 Å². The van der Waals surface area contributed by atoms with Crippen LogP contribution in [0.25, 0.3) is 0 Å². The maximum atomic E-state index is 6.77. The standard InChI is InChI=1S/C31H50O2/c1-19(2)20-11-14-28(5)17-18-29(6)21(25(20)28)9-10-23-30(29,7)15-12-22-27(3,4)24-13-16-31(22,23)26(32-8)33-24/h20-26H,1,9-18H2,2-8H3/t20-,21+,22-,23-,24-,25+,26-,28+,29+,30+,31+/m0/s1. The molecule has 0 aromatic rings. The molecule has 0 amide bonds. The van der Waals surface area contributed by atoms with Gasteiger partial charge >= 0.3 is 0 Å². The summed E-state index contributed by atoms with van der Waals surface area (Å²) >= 11 is 0. The van der Waals surface area contributed by atoms with E-state index < -0.39 is 0 Å². The van der Waals surface area contributed by atoms with Crippen LogP contribution in [0.4, 0.5) is 0 Å². The maximum absolute atomic E-state index is 6.77. The highest BCUT2D eigenvalue weighted by molar-refractivity contribution is 5.23. The minimum atomic E-state index is 0.00237. The maximum Gasteiger partial charge on any atom is 0.163 e. The minimum absolute atomic E-state index is 0.00237. The first-order valence-corrected chi connectivity index (χ1v) is 14.3. The van der Waals surface area contributed by atoms with Crippen LogP contribution in [0.15, 0.2) is 12.2 Å². The van der Waals surface area contributed by atoms with Crippen LogP contribution in [0.3, 0.4) is 0 Å². The Balaban J connectivity index is 1.44. The molecule has 2 heterocycles. The fourth-order valence-electron chi connectivity index (χ4n) is 12.2.